The number of carbonyl (C=O) groups is 3. The molecule has 0 saturated carbocycles. The molecule has 28 heavy (non-hydrogen) atoms. The Labute approximate surface area is 165 Å². The number of halogens is 1. The zero-order valence-corrected chi connectivity index (χ0v) is 15.6. The van der Waals surface area contributed by atoms with E-state index < -0.39 is 24.5 Å². The van der Waals surface area contributed by atoms with Crippen molar-refractivity contribution in [1.29, 1.82) is 0 Å². The van der Waals surface area contributed by atoms with Gasteiger partial charge in [0.1, 0.15) is 0 Å². The highest BCUT2D eigenvalue weighted by Gasteiger charge is 2.17. The summed E-state index contributed by atoms with van der Waals surface area (Å²) < 4.78 is 5.07. The summed E-state index contributed by atoms with van der Waals surface area (Å²) in [6, 6.07) is 15.1. The van der Waals surface area contributed by atoms with Gasteiger partial charge in [-0.2, -0.15) is 0 Å². The molecule has 0 radical (unpaired) electrons. The molecule has 1 heterocycles. The van der Waals surface area contributed by atoms with Gasteiger partial charge in [-0.1, -0.05) is 41.9 Å². The van der Waals surface area contributed by atoms with Crippen LogP contribution in [0.5, 0.6) is 0 Å². The number of hydrogen-bond donors (Lipinski definition) is 2. The first-order chi connectivity index (χ1) is 13.5. The molecule has 3 amide bonds. The average Bonchev–Trinajstić information content (AvgIpc) is 2.71. The third-order valence-corrected chi connectivity index (χ3v) is 4.14. The molecule has 8 heteroatoms. The van der Waals surface area contributed by atoms with Crippen LogP contribution in [0.15, 0.2) is 54.6 Å². The molecule has 0 aliphatic rings. The standard InChI is InChI=1S/C20H16ClN3O4/c1-22-20(27)24-18(25)11-28-19(26)15-10-17(12-6-8-13(21)9-7-12)23-16-5-3-2-4-14(15)16/h2-10H,11H2,1H3,(H2,22,24,25,27). The van der Waals surface area contributed by atoms with Gasteiger partial charge in [0.15, 0.2) is 6.61 Å². The van der Waals surface area contributed by atoms with Gasteiger partial charge in [-0.3, -0.25) is 10.1 Å². The number of imide groups is 1. The Morgan fingerprint density at radius 3 is 2.50 bits per heavy atom. The smallest absolute Gasteiger partial charge is 0.339 e. The zero-order chi connectivity index (χ0) is 20.1. The molecule has 0 aliphatic carbocycles. The fourth-order valence-corrected chi connectivity index (χ4v) is 2.67. The number of nitrogens with one attached hydrogen (secondary N) is 2. The molecule has 0 unspecified atom stereocenters. The quantitative estimate of drug-likeness (QED) is 0.659. The Morgan fingerprint density at radius 2 is 1.79 bits per heavy atom. The van der Waals surface area contributed by atoms with Crippen LogP contribution >= 0.6 is 11.6 Å². The molecule has 3 aromatic rings. The molecule has 3 rings (SSSR count). The van der Waals surface area contributed by atoms with E-state index in [0.717, 1.165) is 5.56 Å². The Bertz CT molecular complexity index is 1050. The molecule has 7 nitrogen and oxygen atoms in total. The SMILES string of the molecule is CNC(=O)NC(=O)COC(=O)c1cc(-c2ccc(Cl)cc2)nc2ccccc12. The van der Waals surface area contributed by atoms with Crippen molar-refractivity contribution in [2.75, 3.05) is 13.7 Å². The molecular weight excluding hydrogens is 382 g/mol. The van der Waals surface area contributed by atoms with E-state index in [1.54, 1.807) is 48.5 Å². The van der Waals surface area contributed by atoms with Crippen molar-refractivity contribution in [1.82, 2.24) is 15.6 Å². The van der Waals surface area contributed by atoms with Crippen molar-refractivity contribution >= 4 is 40.4 Å². The van der Waals surface area contributed by atoms with Crippen LogP contribution in [0.2, 0.25) is 5.02 Å². The topological polar surface area (TPSA) is 97.4 Å². The maximum atomic E-state index is 12.6. The number of urea groups is 1. The van der Waals surface area contributed by atoms with Crippen LogP contribution in [0.3, 0.4) is 0 Å². The van der Waals surface area contributed by atoms with E-state index in [1.165, 1.54) is 7.05 Å². The van der Waals surface area contributed by atoms with Gasteiger partial charge < -0.3 is 10.1 Å². The molecular formula is C20H16ClN3O4. The number of benzene rings is 2. The highest BCUT2D eigenvalue weighted by atomic mass is 35.5. The van der Waals surface area contributed by atoms with Crippen molar-refractivity contribution in [2.45, 2.75) is 0 Å². The minimum Gasteiger partial charge on any atom is -0.452 e. The van der Waals surface area contributed by atoms with E-state index in [9.17, 15) is 14.4 Å². The van der Waals surface area contributed by atoms with E-state index in [0.29, 0.717) is 21.6 Å². The van der Waals surface area contributed by atoms with Crippen LogP contribution in [-0.2, 0) is 9.53 Å². The Hall–Kier alpha value is -3.45. The molecule has 0 bridgehead atoms. The maximum Gasteiger partial charge on any atom is 0.339 e. The number of hydrogen-bond acceptors (Lipinski definition) is 5. The lowest BCUT2D eigenvalue weighted by molar-refractivity contribution is -0.123. The molecule has 142 valence electrons. The number of pyridine rings is 1. The summed E-state index contributed by atoms with van der Waals surface area (Å²) in [6.07, 6.45) is 0. The zero-order valence-electron chi connectivity index (χ0n) is 14.9. The number of fused-ring (bicyclic) bond motifs is 1. The molecule has 0 fully saturated rings. The monoisotopic (exact) mass is 397 g/mol. The van der Waals surface area contributed by atoms with Crippen LogP contribution in [-0.4, -0.2) is 36.5 Å². The van der Waals surface area contributed by atoms with Crippen molar-refractivity contribution in [3.8, 4) is 11.3 Å². The fourth-order valence-electron chi connectivity index (χ4n) is 2.55. The number of amides is 3. The van der Waals surface area contributed by atoms with Crippen LogP contribution in [0.25, 0.3) is 22.2 Å². The summed E-state index contributed by atoms with van der Waals surface area (Å²) in [4.78, 5) is 40.0. The lowest BCUT2D eigenvalue weighted by Crippen LogP contribution is -2.39. The molecule has 0 spiro atoms. The molecule has 2 N–H and O–H groups in total. The van der Waals surface area contributed by atoms with Crippen molar-refractivity contribution in [3.05, 3.63) is 65.2 Å². The van der Waals surface area contributed by atoms with Crippen LogP contribution in [0, 0.1) is 0 Å². The first kappa shape index (κ1) is 19.3. The summed E-state index contributed by atoms with van der Waals surface area (Å²) in [6.45, 7) is -0.584. The maximum absolute atomic E-state index is 12.6. The summed E-state index contributed by atoms with van der Waals surface area (Å²) in [5.41, 5.74) is 2.22. The first-order valence-corrected chi connectivity index (χ1v) is 8.70. The van der Waals surface area contributed by atoms with Gasteiger partial charge in [-0.05, 0) is 24.3 Å². The van der Waals surface area contributed by atoms with Crippen LogP contribution < -0.4 is 10.6 Å². The largest absolute Gasteiger partial charge is 0.452 e. The number of aromatic nitrogens is 1. The third kappa shape index (κ3) is 4.44. The third-order valence-electron chi connectivity index (χ3n) is 3.89. The molecule has 0 saturated heterocycles. The summed E-state index contributed by atoms with van der Waals surface area (Å²) >= 11 is 5.93. The van der Waals surface area contributed by atoms with Gasteiger partial charge in [0.05, 0.1) is 16.8 Å². The van der Waals surface area contributed by atoms with E-state index in [1.807, 2.05) is 11.4 Å². The Morgan fingerprint density at radius 1 is 1.07 bits per heavy atom. The van der Waals surface area contributed by atoms with Crippen LogP contribution in [0.4, 0.5) is 4.79 Å². The van der Waals surface area contributed by atoms with E-state index in [2.05, 4.69) is 10.3 Å². The predicted octanol–water partition coefficient (Wildman–Crippen LogP) is 3.17. The van der Waals surface area contributed by atoms with Gasteiger partial charge in [0.2, 0.25) is 0 Å². The Balaban J connectivity index is 1.90. The highest BCUT2D eigenvalue weighted by Crippen LogP contribution is 2.26. The lowest BCUT2D eigenvalue weighted by Gasteiger charge is -2.10. The average molecular weight is 398 g/mol. The van der Waals surface area contributed by atoms with Crippen molar-refractivity contribution in [2.24, 2.45) is 0 Å². The summed E-state index contributed by atoms with van der Waals surface area (Å²) in [5.74, 6) is -1.43. The number of rotatable bonds is 4. The van der Waals surface area contributed by atoms with Gasteiger partial charge in [-0.25, -0.2) is 14.6 Å². The summed E-state index contributed by atoms with van der Waals surface area (Å²) in [5, 5.41) is 5.45. The minimum atomic E-state index is -0.732. The highest BCUT2D eigenvalue weighted by molar-refractivity contribution is 6.30. The normalized spacial score (nSPS) is 10.4. The van der Waals surface area contributed by atoms with Gasteiger partial charge >= 0.3 is 12.0 Å². The van der Waals surface area contributed by atoms with E-state index in [-0.39, 0.29) is 5.56 Å². The van der Waals surface area contributed by atoms with Crippen molar-refractivity contribution in [3.63, 3.8) is 0 Å². The van der Waals surface area contributed by atoms with Crippen LogP contribution in [0.1, 0.15) is 10.4 Å². The molecule has 0 aliphatic heterocycles. The van der Waals surface area contributed by atoms with Gasteiger partial charge in [0.25, 0.3) is 5.91 Å². The number of ether oxygens (including phenoxy) is 1. The number of esters is 1. The predicted molar refractivity (Wildman–Crippen MR) is 105 cm³/mol. The van der Waals surface area contributed by atoms with E-state index in [4.69, 9.17) is 16.3 Å². The van der Waals surface area contributed by atoms with Gasteiger partial charge in [-0.15, -0.1) is 0 Å². The second kappa shape index (κ2) is 8.49. The molecule has 1 aromatic heterocycles. The van der Waals surface area contributed by atoms with Crippen molar-refractivity contribution < 1.29 is 19.1 Å². The lowest BCUT2D eigenvalue weighted by atomic mass is 10.0. The number of carbonyl (C=O) groups excluding carboxylic acids is 3. The first-order valence-electron chi connectivity index (χ1n) is 8.32. The van der Waals surface area contributed by atoms with Gasteiger partial charge in [0, 0.05) is 23.0 Å². The minimum absolute atomic E-state index is 0.267. The number of para-hydroxylation sites is 1. The second-order valence-electron chi connectivity index (χ2n) is 5.78. The second-order valence-corrected chi connectivity index (χ2v) is 6.22. The molecule has 2 aromatic carbocycles. The molecule has 0 atom stereocenters. The number of nitrogens with zero attached hydrogens (tertiary/aromatic N) is 1. The van der Waals surface area contributed by atoms with E-state index >= 15 is 0 Å². The fraction of sp³-hybridized carbons (Fsp3) is 0.100. The summed E-state index contributed by atoms with van der Waals surface area (Å²) in [7, 11) is 1.37. The Kier molecular flexibility index (Phi) is 5.86.